The largest absolute Gasteiger partial charge is 0.275 e. The van der Waals surface area contributed by atoms with Gasteiger partial charge in [0.1, 0.15) is 10.1 Å². The zero-order valence-corrected chi connectivity index (χ0v) is 15.4. The quantitative estimate of drug-likeness (QED) is 0.511. The number of hydrogen-bond donors (Lipinski definition) is 0. The van der Waals surface area contributed by atoms with Crippen LogP contribution in [0.3, 0.4) is 0 Å². The number of aromatic nitrogens is 5. The van der Waals surface area contributed by atoms with Crippen LogP contribution >= 0.6 is 15.9 Å². The van der Waals surface area contributed by atoms with Crippen LogP contribution in [0.15, 0.2) is 64.6 Å². The van der Waals surface area contributed by atoms with Crippen LogP contribution in [0.25, 0.3) is 22.3 Å². The van der Waals surface area contributed by atoms with E-state index in [1.807, 2.05) is 0 Å². The number of halogens is 1. The minimum atomic E-state index is -3.79. The highest BCUT2D eigenvalue weighted by atomic mass is 79.9. The van der Waals surface area contributed by atoms with Crippen LogP contribution in [0.5, 0.6) is 0 Å². The fraction of sp³-hybridized carbons (Fsp3) is 0.0625. The summed E-state index contributed by atoms with van der Waals surface area (Å²) in [5, 5.41) is 4.15. The van der Waals surface area contributed by atoms with Gasteiger partial charge in [-0.05, 0) is 28.1 Å². The maximum Gasteiger partial charge on any atom is 0.269 e. The Bertz CT molecular complexity index is 1180. The number of benzene rings is 1. The molecule has 0 radical (unpaired) electrons. The van der Waals surface area contributed by atoms with Gasteiger partial charge >= 0.3 is 0 Å². The normalized spacial score (nSPS) is 11.9. The maximum atomic E-state index is 13.0. The summed E-state index contributed by atoms with van der Waals surface area (Å²) in [6.07, 6.45) is 6.48. The summed E-state index contributed by atoms with van der Waals surface area (Å²) in [7, 11) is -1.99. The first-order chi connectivity index (χ1) is 12.0. The lowest BCUT2D eigenvalue weighted by Gasteiger charge is -2.06. The van der Waals surface area contributed by atoms with E-state index in [0.717, 1.165) is 5.56 Å². The molecule has 0 unspecified atom stereocenters. The molecule has 0 bridgehead atoms. The molecule has 0 atom stereocenters. The van der Waals surface area contributed by atoms with E-state index in [-0.39, 0.29) is 10.5 Å². The highest BCUT2D eigenvalue weighted by Crippen LogP contribution is 2.31. The molecule has 0 aliphatic heterocycles. The summed E-state index contributed by atoms with van der Waals surface area (Å²) in [4.78, 5) is 8.88. The summed E-state index contributed by atoms with van der Waals surface area (Å²) in [5.41, 5.74) is 2.17. The van der Waals surface area contributed by atoms with Crippen LogP contribution in [-0.2, 0) is 17.1 Å². The van der Waals surface area contributed by atoms with Crippen LogP contribution < -0.4 is 0 Å². The van der Waals surface area contributed by atoms with E-state index in [4.69, 9.17) is 0 Å². The van der Waals surface area contributed by atoms with Crippen molar-refractivity contribution in [3.05, 3.63) is 59.7 Å². The lowest BCUT2D eigenvalue weighted by atomic mass is 10.2. The third-order valence-corrected chi connectivity index (χ3v) is 5.80. The Balaban J connectivity index is 2.03. The second kappa shape index (κ2) is 5.78. The van der Waals surface area contributed by atoms with Crippen molar-refractivity contribution in [3.63, 3.8) is 0 Å². The Morgan fingerprint density at radius 3 is 2.52 bits per heavy atom. The Morgan fingerprint density at radius 2 is 1.84 bits per heavy atom. The molecule has 0 saturated carbocycles. The topological polar surface area (TPSA) is 82.7 Å². The molecule has 1 aromatic carbocycles. The predicted molar refractivity (Wildman–Crippen MR) is 96.5 cm³/mol. The molecule has 0 saturated heterocycles. The average Bonchev–Trinajstić information content (AvgIpc) is 3.19. The van der Waals surface area contributed by atoms with Gasteiger partial charge in [0.15, 0.2) is 5.65 Å². The summed E-state index contributed by atoms with van der Waals surface area (Å²) in [5.74, 6) is 0. The highest BCUT2D eigenvalue weighted by Gasteiger charge is 2.24. The second-order valence-electron chi connectivity index (χ2n) is 5.42. The van der Waals surface area contributed by atoms with Crippen LogP contribution in [0.1, 0.15) is 0 Å². The number of fused-ring (bicyclic) bond motifs is 1. The van der Waals surface area contributed by atoms with Crippen molar-refractivity contribution < 1.29 is 8.42 Å². The van der Waals surface area contributed by atoms with Gasteiger partial charge in [0.05, 0.1) is 17.3 Å². The van der Waals surface area contributed by atoms with Gasteiger partial charge in [-0.1, -0.05) is 18.2 Å². The van der Waals surface area contributed by atoms with E-state index >= 15 is 0 Å². The molecule has 7 nitrogen and oxygen atoms in total. The predicted octanol–water partition coefficient (Wildman–Crippen LogP) is 2.83. The number of aryl methyl sites for hydroxylation is 1. The summed E-state index contributed by atoms with van der Waals surface area (Å²) in [6, 6.07) is 8.24. The van der Waals surface area contributed by atoms with Crippen molar-refractivity contribution in [1.82, 2.24) is 23.7 Å². The maximum absolute atomic E-state index is 13.0. The van der Waals surface area contributed by atoms with Gasteiger partial charge in [-0.25, -0.2) is 22.4 Å². The molecular weight excluding hydrogens is 406 g/mol. The Morgan fingerprint density at radius 1 is 1.08 bits per heavy atom. The van der Waals surface area contributed by atoms with E-state index in [2.05, 4.69) is 31.0 Å². The minimum absolute atomic E-state index is 0.189. The molecular formula is C16H12BrN5O2S. The first-order valence-corrected chi connectivity index (χ1v) is 9.53. The van der Waals surface area contributed by atoms with E-state index < -0.39 is 10.0 Å². The van der Waals surface area contributed by atoms with Gasteiger partial charge in [0.2, 0.25) is 0 Å². The average molecular weight is 418 g/mol. The molecule has 3 heterocycles. The third-order valence-electron chi connectivity index (χ3n) is 3.75. The number of rotatable bonds is 3. The number of nitrogens with zero attached hydrogens (tertiary/aromatic N) is 5. The fourth-order valence-electron chi connectivity index (χ4n) is 2.60. The van der Waals surface area contributed by atoms with Crippen molar-refractivity contribution in [2.75, 3.05) is 0 Å². The van der Waals surface area contributed by atoms with Crippen molar-refractivity contribution in [2.24, 2.45) is 7.05 Å². The lowest BCUT2D eigenvalue weighted by molar-refractivity contribution is 0.589. The van der Waals surface area contributed by atoms with Gasteiger partial charge in [0.25, 0.3) is 10.0 Å². The van der Waals surface area contributed by atoms with Gasteiger partial charge in [-0.3, -0.25) is 4.68 Å². The van der Waals surface area contributed by atoms with E-state index in [9.17, 15) is 8.42 Å². The molecule has 4 aromatic rings. The zero-order valence-electron chi connectivity index (χ0n) is 13.0. The fourth-order valence-corrected chi connectivity index (χ4v) is 4.22. The van der Waals surface area contributed by atoms with Crippen molar-refractivity contribution >= 4 is 37.1 Å². The monoisotopic (exact) mass is 417 g/mol. The second-order valence-corrected chi connectivity index (χ2v) is 8.05. The first kappa shape index (κ1) is 16.0. The van der Waals surface area contributed by atoms with Gasteiger partial charge in [-0.15, -0.1) is 0 Å². The van der Waals surface area contributed by atoms with Crippen LogP contribution in [-0.4, -0.2) is 32.1 Å². The Labute approximate surface area is 152 Å². The van der Waals surface area contributed by atoms with E-state index in [0.29, 0.717) is 15.7 Å². The van der Waals surface area contributed by atoms with Crippen LogP contribution in [0.2, 0.25) is 0 Å². The molecule has 3 aromatic heterocycles. The molecule has 0 fully saturated rings. The van der Waals surface area contributed by atoms with Crippen molar-refractivity contribution in [1.29, 1.82) is 0 Å². The van der Waals surface area contributed by atoms with Crippen LogP contribution in [0.4, 0.5) is 0 Å². The molecule has 126 valence electrons. The summed E-state index contributed by atoms with van der Waals surface area (Å²) < 4.78 is 29.4. The van der Waals surface area contributed by atoms with Crippen LogP contribution in [0, 0.1) is 0 Å². The van der Waals surface area contributed by atoms with Gasteiger partial charge in [0, 0.05) is 30.6 Å². The minimum Gasteiger partial charge on any atom is -0.275 e. The lowest BCUT2D eigenvalue weighted by Crippen LogP contribution is -2.12. The summed E-state index contributed by atoms with van der Waals surface area (Å²) in [6.45, 7) is 0. The smallest absolute Gasteiger partial charge is 0.269 e. The van der Waals surface area contributed by atoms with Gasteiger partial charge < -0.3 is 0 Å². The molecule has 0 aliphatic carbocycles. The Hall–Kier alpha value is -2.52. The van der Waals surface area contributed by atoms with Crippen molar-refractivity contribution in [2.45, 2.75) is 4.90 Å². The number of hydrogen-bond acceptors (Lipinski definition) is 5. The van der Waals surface area contributed by atoms with E-state index in [1.54, 1.807) is 54.5 Å². The molecule has 25 heavy (non-hydrogen) atoms. The Kier molecular flexibility index (Phi) is 3.69. The third kappa shape index (κ3) is 2.65. The first-order valence-electron chi connectivity index (χ1n) is 7.30. The molecule has 9 heteroatoms. The molecule has 0 spiro atoms. The van der Waals surface area contributed by atoms with Crippen molar-refractivity contribution in [3.8, 4) is 11.1 Å². The molecule has 0 N–H and O–H groups in total. The molecule has 0 amide bonds. The molecule has 4 rings (SSSR count). The SMILES string of the molecule is Cn1cc(-c2cn(S(=O)(=O)c3ccccc3)c3ncc(Br)nc23)cn1. The highest BCUT2D eigenvalue weighted by molar-refractivity contribution is 9.10. The summed E-state index contributed by atoms with van der Waals surface area (Å²) >= 11 is 3.30. The standard InChI is InChI=1S/C16H12BrN5O2S/c1-21-9-11(7-19-21)13-10-22(16-15(13)20-14(17)8-18-16)25(23,24)12-5-3-2-4-6-12/h2-10H,1H3. The zero-order chi connectivity index (χ0) is 17.6. The van der Waals surface area contributed by atoms with E-state index in [1.165, 1.54) is 16.4 Å². The molecule has 0 aliphatic rings. The van der Waals surface area contributed by atoms with Gasteiger partial charge in [-0.2, -0.15) is 5.10 Å².